The van der Waals surface area contributed by atoms with Gasteiger partial charge in [-0.25, -0.2) is 0 Å². The molecule has 0 unspecified atom stereocenters. The zero-order chi connectivity index (χ0) is 13.3. The van der Waals surface area contributed by atoms with Gasteiger partial charge in [0.15, 0.2) is 0 Å². The number of rotatable bonds is 4. The zero-order valence-corrected chi connectivity index (χ0v) is 10.3. The number of carbonyl (C=O) groups is 1. The summed E-state index contributed by atoms with van der Waals surface area (Å²) in [6.45, 7) is 0. The highest BCUT2D eigenvalue weighted by Gasteiger charge is 2.42. The normalized spacial score (nSPS) is 17.7. The van der Waals surface area contributed by atoms with Crippen LogP contribution in [0.25, 0.3) is 11.4 Å². The third-order valence-electron chi connectivity index (χ3n) is 3.75. The highest BCUT2D eigenvalue weighted by Crippen LogP contribution is 2.41. The largest absolute Gasteiger partial charge is 0.481 e. The molecule has 3 rings (SSSR count). The second-order valence-corrected chi connectivity index (χ2v) is 4.99. The molecule has 2 aromatic rings. The van der Waals surface area contributed by atoms with Crippen molar-refractivity contribution in [3.63, 3.8) is 0 Å². The number of carboxylic acid groups (broad SMARTS) is 1. The predicted octanol–water partition coefficient (Wildman–Crippen LogP) is 2.52. The maximum atomic E-state index is 11.5. The van der Waals surface area contributed by atoms with E-state index in [9.17, 15) is 9.90 Å². The van der Waals surface area contributed by atoms with Gasteiger partial charge in [0.2, 0.25) is 11.7 Å². The average Bonchev–Trinajstić information content (AvgIpc) is 3.10. The smallest absolute Gasteiger partial charge is 0.310 e. The minimum Gasteiger partial charge on any atom is -0.481 e. The molecule has 6 nitrogen and oxygen atoms in total. The van der Waals surface area contributed by atoms with Gasteiger partial charge < -0.3 is 14.0 Å². The molecule has 0 amide bonds. The van der Waals surface area contributed by atoms with Crippen LogP contribution in [0.1, 0.15) is 31.6 Å². The number of aromatic nitrogens is 2. The summed E-state index contributed by atoms with van der Waals surface area (Å²) in [7, 11) is 0. The van der Waals surface area contributed by atoms with Crippen LogP contribution in [0, 0.1) is 5.41 Å². The lowest BCUT2D eigenvalue weighted by atomic mass is 9.83. The van der Waals surface area contributed by atoms with Gasteiger partial charge in [-0.3, -0.25) is 4.79 Å². The molecule has 0 bridgehead atoms. The molecule has 0 aromatic carbocycles. The van der Waals surface area contributed by atoms with Crippen LogP contribution >= 0.6 is 0 Å². The van der Waals surface area contributed by atoms with E-state index in [4.69, 9.17) is 8.94 Å². The lowest BCUT2D eigenvalue weighted by molar-refractivity contribution is -0.148. The molecule has 2 aromatic heterocycles. The molecule has 0 aliphatic heterocycles. The van der Waals surface area contributed by atoms with Crippen molar-refractivity contribution in [2.75, 3.05) is 0 Å². The first-order valence-corrected chi connectivity index (χ1v) is 6.28. The third-order valence-corrected chi connectivity index (χ3v) is 3.75. The predicted molar refractivity (Wildman–Crippen MR) is 64.2 cm³/mol. The van der Waals surface area contributed by atoms with Crippen LogP contribution in [0.15, 0.2) is 27.5 Å². The molecule has 1 aliphatic rings. The van der Waals surface area contributed by atoms with Gasteiger partial charge >= 0.3 is 5.97 Å². The lowest BCUT2D eigenvalue weighted by Crippen LogP contribution is -2.30. The van der Waals surface area contributed by atoms with Gasteiger partial charge in [0.05, 0.1) is 17.2 Å². The summed E-state index contributed by atoms with van der Waals surface area (Å²) in [4.78, 5) is 15.7. The molecule has 19 heavy (non-hydrogen) atoms. The molecule has 0 radical (unpaired) electrons. The van der Waals surface area contributed by atoms with Crippen molar-refractivity contribution in [1.82, 2.24) is 10.1 Å². The summed E-state index contributed by atoms with van der Waals surface area (Å²) in [5.41, 5.74) is -0.00832. The van der Waals surface area contributed by atoms with Gasteiger partial charge in [0.1, 0.15) is 6.26 Å². The van der Waals surface area contributed by atoms with Crippen molar-refractivity contribution in [2.24, 2.45) is 5.41 Å². The third kappa shape index (κ3) is 2.14. The van der Waals surface area contributed by atoms with Crippen molar-refractivity contribution in [1.29, 1.82) is 0 Å². The monoisotopic (exact) mass is 262 g/mol. The number of hydrogen-bond acceptors (Lipinski definition) is 5. The molecule has 1 fully saturated rings. The Labute approximate surface area is 109 Å². The molecular weight excluding hydrogens is 248 g/mol. The highest BCUT2D eigenvalue weighted by molar-refractivity contribution is 5.75. The summed E-state index contributed by atoms with van der Waals surface area (Å²) in [5.74, 6) is 0.0378. The van der Waals surface area contributed by atoms with Crippen molar-refractivity contribution in [2.45, 2.75) is 32.1 Å². The van der Waals surface area contributed by atoms with Crippen LogP contribution in [-0.4, -0.2) is 21.2 Å². The number of hydrogen-bond donors (Lipinski definition) is 1. The van der Waals surface area contributed by atoms with E-state index >= 15 is 0 Å². The first-order chi connectivity index (χ1) is 9.20. The Kier molecular flexibility index (Phi) is 2.85. The number of aliphatic carboxylic acids is 1. The number of furan rings is 1. The molecule has 1 saturated carbocycles. The van der Waals surface area contributed by atoms with E-state index in [1.165, 1.54) is 12.5 Å². The average molecular weight is 262 g/mol. The van der Waals surface area contributed by atoms with Crippen molar-refractivity contribution in [3.05, 3.63) is 24.5 Å². The Bertz CT molecular complexity index is 567. The summed E-state index contributed by atoms with van der Waals surface area (Å²) >= 11 is 0. The van der Waals surface area contributed by atoms with Crippen molar-refractivity contribution >= 4 is 5.97 Å². The molecular formula is C13H14N2O4. The fourth-order valence-corrected chi connectivity index (χ4v) is 2.64. The van der Waals surface area contributed by atoms with E-state index in [-0.39, 0.29) is 0 Å². The van der Waals surface area contributed by atoms with Gasteiger partial charge in [-0.2, -0.15) is 4.98 Å². The quantitative estimate of drug-likeness (QED) is 0.910. The molecule has 0 saturated heterocycles. The Morgan fingerprint density at radius 2 is 2.21 bits per heavy atom. The van der Waals surface area contributed by atoms with Crippen LogP contribution in [0.2, 0.25) is 0 Å². The van der Waals surface area contributed by atoms with Crippen LogP contribution in [-0.2, 0) is 11.2 Å². The first kappa shape index (κ1) is 12.0. The SMILES string of the molecule is O=C(O)C1(Cc2nc(-c3ccoc3)no2)CCCC1. The van der Waals surface area contributed by atoms with Crippen LogP contribution in [0.3, 0.4) is 0 Å². The van der Waals surface area contributed by atoms with E-state index in [0.717, 1.165) is 18.4 Å². The van der Waals surface area contributed by atoms with Gasteiger partial charge in [-0.1, -0.05) is 18.0 Å². The van der Waals surface area contributed by atoms with Crippen LogP contribution in [0.4, 0.5) is 0 Å². The Balaban J connectivity index is 1.82. The summed E-state index contributed by atoms with van der Waals surface area (Å²) < 4.78 is 10.1. The molecule has 100 valence electrons. The molecule has 0 spiro atoms. The summed E-state index contributed by atoms with van der Waals surface area (Å²) in [5, 5.41) is 13.3. The Morgan fingerprint density at radius 1 is 1.42 bits per heavy atom. The van der Waals surface area contributed by atoms with E-state index in [0.29, 0.717) is 31.0 Å². The molecule has 0 atom stereocenters. The number of carboxylic acids is 1. The van der Waals surface area contributed by atoms with Crippen molar-refractivity contribution in [3.8, 4) is 11.4 Å². The maximum Gasteiger partial charge on any atom is 0.310 e. The van der Waals surface area contributed by atoms with E-state index in [1.807, 2.05) is 0 Å². The highest BCUT2D eigenvalue weighted by atomic mass is 16.5. The van der Waals surface area contributed by atoms with Gasteiger partial charge in [0.25, 0.3) is 0 Å². The lowest BCUT2D eigenvalue weighted by Gasteiger charge is -2.21. The topological polar surface area (TPSA) is 89.4 Å². The van der Waals surface area contributed by atoms with Crippen molar-refractivity contribution < 1.29 is 18.8 Å². The standard InChI is InChI=1S/C13H14N2O4/c16-12(17)13(4-1-2-5-13)7-10-14-11(15-19-10)9-3-6-18-8-9/h3,6,8H,1-2,4-5,7H2,(H,16,17). The molecule has 1 N–H and O–H groups in total. The fraction of sp³-hybridized carbons (Fsp3) is 0.462. The van der Waals surface area contributed by atoms with Gasteiger partial charge in [-0.15, -0.1) is 0 Å². The first-order valence-electron chi connectivity index (χ1n) is 6.28. The summed E-state index contributed by atoms with van der Waals surface area (Å²) in [6.07, 6.45) is 6.58. The Morgan fingerprint density at radius 3 is 2.84 bits per heavy atom. The fourth-order valence-electron chi connectivity index (χ4n) is 2.64. The van der Waals surface area contributed by atoms with Gasteiger partial charge in [0, 0.05) is 6.42 Å². The minimum absolute atomic E-state index is 0.299. The second kappa shape index (κ2) is 4.53. The van der Waals surface area contributed by atoms with E-state index in [1.54, 1.807) is 6.07 Å². The Hall–Kier alpha value is -2.11. The molecule has 6 heteroatoms. The maximum absolute atomic E-state index is 11.5. The van der Waals surface area contributed by atoms with Crippen LogP contribution < -0.4 is 0 Å². The number of nitrogens with zero attached hydrogens (tertiary/aromatic N) is 2. The van der Waals surface area contributed by atoms with Crippen LogP contribution in [0.5, 0.6) is 0 Å². The van der Waals surface area contributed by atoms with E-state index < -0.39 is 11.4 Å². The zero-order valence-electron chi connectivity index (χ0n) is 10.3. The molecule has 2 heterocycles. The molecule has 1 aliphatic carbocycles. The second-order valence-electron chi connectivity index (χ2n) is 4.99. The van der Waals surface area contributed by atoms with E-state index in [2.05, 4.69) is 10.1 Å². The minimum atomic E-state index is -0.770. The summed E-state index contributed by atoms with van der Waals surface area (Å²) in [6, 6.07) is 1.73. The van der Waals surface area contributed by atoms with Gasteiger partial charge in [-0.05, 0) is 18.9 Å².